The van der Waals surface area contributed by atoms with Crippen LogP contribution in [0.15, 0.2) is 27.3 Å². The van der Waals surface area contributed by atoms with E-state index in [2.05, 4.69) is 31.1 Å². The fraction of sp³-hybridized carbons (Fsp3) is 0.300. The quantitative estimate of drug-likeness (QED) is 0.929. The lowest BCUT2D eigenvalue weighted by Gasteiger charge is -1.97. The maximum Gasteiger partial charge on any atom is 0.277 e. The summed E-state index contributed by atoms with van der Waals surface area (Å²) in [6.45, 7) is 1.90. The van der Waals surface area contributed by atoms with E-state index in [0.717, 1.165) is 4.47 Å². The number of nitrogens with two attached hydrogens (primary N) is 1. The third-order valence-corrected chi connectivity index (χ3v) is 2.57. The second-order valence-corrected chi connectivity index (χ2v) is 4.39. The first-order valence-electron chi connectivity index (χ1n) is 4.86. The molecule has 0 aliphatic rings. The Balaban J connectivity index is 2.28. The smallest absolute Gasteiger partial charge is 0.277 e. The summed E-state index contributed by atoms with van der Waals surface area (Å²) < 4.78 is 5.95. The molecule has 0 radical (unpaired) electrons. The van der Waals surface area contributed by atoms with Gasteiger partial charge < -0.3 is 10.3 Å². The zero-order valence-corrected chi connectivity index (χ0v) is 10.3. The SMILES string of the molecule is CC(N)Cc1noc(-c2ncccc2Br)n1. The summed E-state index contributed by atoms with van der Waals surface area (Å²) >= 11 is 3.38. The number of halogens is 1. The Bertz CT molecular complexity index is 483. The van der Waals surface area contributed by atoms with Gasteiger partial charge in [0.1, 0.15) is 5.69 Å². The van der Waals surface area contributed by atoms with Crippen LogP contribution in [0, 0.1) is 0 Å². The summed E-state index contributed by atoms with van der Waals surface area (Å²) in [6.07, 6.45) is 2.27. The van der Waals surface area contributed by atoms with Crippen molar-refractivity contribution >= 4 is 15.9 Å². The van der Waals surface area contributed by atoms with E-state index in [9.17, 15) is 0 Å². The van der Waals surface area contributed by atoms with E-state index >= 15 is 0 Å². The molecule has 2 N–H and O–H groups in total. The molecule has 0 aliphatic carbocycles. The first kappa shape index (κ1) is 11.2. The van der Waals surface area contributed by atoms with E-state index in [0.29, 0.717) is 23.8 Å². The second kappa shape index (κ2) is 4.71. The summed E-state index contributed by atoms with van der Waals surface area (Å²) in [5.41, 5.74) is 6.30. The van der Waals surface area contributed by atoms with Gasteiger partial charge in [0.15, 0.2) is 5.82 Å². The predicted molar refractivity (Wildman–Crippen MR) is 62.6 cm³/mol. The molecular formula is C10H11BrN4O. The van der Waals surface area contributed by atoms with E-state index in [-0.39, 0.29) is 6.04 Å². The van der Waals surface area contributed by atoms with Crippen LogP contribution >= 0.6 is 15.9 Å². The molecular weight excluding hydrogens is 272 g/mol. The van der Waals surface area contributed by atoms with Gasteiger partial charge in [0.25, 0.3) is 5.89 Å². The molecule has 2 aromatic heterocycles. The van der Waals surface area contributed by atoms with Gasteiger partial charge in [-0.05, 0) is 35.0 Å². The minimum Gasteiger partial charge on any atom is -0.332 e. The van der Waals surface area contributed by atoms with Crippen LogP contribution in [0.2, 0.25) is 0 Å². The molecule has 0 spiro atoms. The van der Waals surface area contributed by atoms with Gasteiger partial charge in [0.05, 0.1) is 0 Å². The molecule has 0 saturated heterocycles. The highest BCUT2D eigenvalue weighted by molar-refractivity contribution is 9.10. The Morgan fingerprint density at radius 3 is 3.06 bits per heavy atom. The van der Waals surface area contributed by atoms with E-state index in [1.54, 1.807) is 6.20 Å². The highest BCUT2D eigenvalue weighted by Gasteiger charge is 2.13. The van der Waals surface area contributed by atoms with Crippen LogP contribution in [-0.2, 0) is 6.42 Å². The Morgan fingerprint density at radius 1 is 1.56 bits per heavy atom. The monoisotopic (exact) mass is 282 g/mol. The molecule has 84 valence electrons. The lowest BCUT2D eigenvalue weighted by Crippen LogP contribution is -2.18. The third kappa shape index (κ3) is 2.45. The Kier molecular flexibility index (Phi) is 3.31. The van der Waals surface area contributed by atoms with E-state index in [4.69, 9.17) is 10.3 Å². The van der Waals surface area contributed by atoms with Crippen LogP contribution in [-0.4, -0.2) is 21.2 Å². The largest absolute Gasteiger partial charge is 0.332 e. The molecule has 2 rings (SSSR count). The van der Waals surface area contributed by atoms with Gasteiger partial charge in [-0.2, -0.15) is 4.98 Å². The third-order valence-electron chi connectivity index (χ3n) is 1.93. The fourth-order valence-electron chi connectivity index (χ4n) is 1.26. The standard InChI is InChI=1S/C10H11BrN4O/c1-6(12)5-8-14-10(16-15-8)9-7(11)3-2-4-13-9/h2-4,6H,5,12H2,1H3. The van der Waals surface area contributed by atoms with Crippen molar-refractivity contribution in [2.45, 2.75) is 19.4 Å². The minimum absolute atomic E-state index is 0.0117. The molecule has 0 bridgehead atoms. The van der Waals surface area contributed by atoms with Crippen LogP contribution in [0.5, 0.6) is 0 Å². The molecule has 0 aromatic carbocycles. The lowest BCUT2D eigenvalue weighted by molar-refractivity contribution is 0.419. The second-order valence-electron chi connectivity index (χ2n) is 3.53. The highest BCUT2D eigenvalue weighted by Crippen LogP contribution is 2.23. The molecule has 0 saturated carbocycles. The first-order chi connectivity index (χ1) is 7.66. The first-order valence-corrected chi connectivity index (χ1v) is 5.65. The van der Waals surface area contributed by atoms with Crippen molar-refractivity contribution in [2.24, 2.45) is 5.73 Å². The molecule has 0 aliphatic heterocycles. The Morgan fingerprint density at radius 2 is 2.38 bits per heavy atom. The summed E-state index contributed by atoms with van der Waals surface area (Å²) in [5.74, 6) is 1.01. The summed E-state index contributed by atoms with van der Waals surface area (Å²) in [7, 11) is 0. The molecule has 5 nitrogen and oxygen atoms in total. The molecule has 0 amide bonds. The fourth-order valence-corrected chi connectivity index (χ4v) is 1.69. The average molecular weight is 283 g/mol. The summed E-state index contributed by atoms with van der Waals surface area (Å²) in [4.78, 5) is 8.40. The van der Waals surface area contributed by atoms with Gasteiger partial charge in [-0.3, -0.25) is 0 Å². The van der Waals surface area contributed by atoms with Crippen molar-refractivity contribution in [1.29, 1.82) is 0 Å². The number of hydrogen-bond acceptors (Lipinski definition) is 5. The number of hydrogen-bond donors (Lipinski definition) is 1. The number of aromatic nitrogens is 3. The minimum atomic E-state index is 0.0117. The van der Waals surface area contributed by atoms with Crippen LogP contribution in [0.1, 0.15) is 12.7 Å². The van der Waals surface area contributed by atoms with Crippen molar-refractivity contribution in [2.75, 3.05) is 0 Å². The van der Waals surface area contributed by atoms with Crippen LogP contribution in [0.4, 0.5) is 0 Å². The van der Waals surface area contributed by atoms with Crippen LogP contribution < -0.4 is 5.73 Å². The molecule has 16 heavy (non-hydrogen) atoms. The molecule has 1 atom stereocenters. The number of rotatable bonds is 3. The normalized spacial score (nSPS) is 12.7. The summed E-state index contributed by atoms with van der Waals surface area (Å²) in [5, 5.41) is 3.85. The van der Waals surface area contributed by atoms with Gasteiger partial charge in [-0.1, -0.05) is 5.16 Å². The van der Waals surface area contributed by atoms with Crippen molar-refractivity contribution < 1.29 is 4.52 Å². The average Bonchev–Trinajstić information content (AvgIpc) is 2.66. The van der Waals surface area contributed by atoms with Crippen molar-refractivity contribution in [3.8, 4) is 11.6 Å². The summed E-state index contributed by atoms with van der Waals surface area (Å²) in [6, 6.07) is 3.71. The predicted octanol–water partition coefficient (Wildman–Crippen LogP) is 1.78. The van der Waals surface area contributed by atoms with Gasteiger partial charge in [0, 0.05) is 23.1 Å². The van der Waals surface area contributed by atoms with E-state index in [1.165, 1.54) is 0 Å². The van der Waals surface area contributed by atoms with Gasteiger partial charge in [-0.15, -0.1) is 0 Å². The zero-order valence-electron chi connectivity index (χ0n) is 8.72. The van der Waals surface area contributed by atoms with Gasteiger partial charge in [-0.25, -0.2) is 4.98 Å². The Labute approximate surface area is 101 Å². The maximum atomic E-state index is 5.66. The number of nitrogens with zero attached hydrogens (tertiary/aromatic N) is 3. The maximum absolute atomic E-state index is 5.66. The zero-order chi connectivity index (χ0) is 11.5. The molecule has 0 fully saturated rings. The van der Waals surface area contributed by atoms with Crippen LogP contribution in [0.25, 0.3) is 11.6 Å². The topological polar surface area (TPSA) is 77.8 Å². The van der Waals surface area contributed by atoms with Crippen molar-refractivity contribution in [3.05, 3.63) is 28.6 Å². The molecule has 1 unspecified atom stereocenters. The van der Waals surface area contributed by atoms with Crippen molar-refractivity contribution in [3.63, 3.8) is 0 Å². The Hall–Kier alpha value is -1.27. The highest BCUT2D eigenvalue weighted by atomic mass is 79.9. The van der Waals surface area contributed by atoms with Crippen molar-refractivity contribution in [1.82, 2.24) is 15.1 Å². The van der Waals surface area contributed by atoms with Gasteiger partial charge in [0.2, 0.25) is 0 Å². The van der Waals surface area contributed by atoms with E-state index < -0.39 is 0 Å². The lowest BCUT2D eigenvalue weighted by atomic mass is 10.2. The van der Waals surface area contributed by atoms with E-state index in [1.807, 2.05) is 19.1 Å². The molecule has 6 heteroatoms. The number of pyridine rings is 1. The molecule has 2 heterocycles. The molecule has 2 aromatic rings. The van der Waals surface area contributed by atoms with Crippen LogP contribution in [0.3, 0.4) is 0 Å². The van der Waals surface area contributed by atoms with Gasteiger partial charge >= 0.3 is 0 Å².